The average Bonchev–Trinajstić information content (AvgIpc) is 2.43. The van der Waals surface area contributed by atoms with Crippen molar-refractivity contribution in [1.29, 1.82) is 0 Å². The van der Waals surface area contributed by atoms with Gasteiger partial charge in [0.1, 0.15) is 11.5 Å². The summed E-state index contributed by atoms with van der Waals surface area (Å²) in [4.78, 5) is 0. The van der Waals surface area contributed by atoms with Crippen LogP contribution in [-0.4, -0.2) is 7.05 Å². The smallest absolute Gasteiger partial charge is 0.132 e. The van der Waals surface area contributed by atoms with Gasteiger partial charge in [-0.15, -0.1) is 0 Å². The van der Waals surface area contributed by atoms with Crippen molar-refractivity contribution in [3.63, 3.8) is 0 Å². The van der Waals surface area contributed by atoms with Crippen molar-refractivity contribution < 1.29 is 4.74 Å². The first kappa shape index (κ1) is 14.1. The molecule has 0 fully saturated rings. The third-order valence-corrected chi connectivity index (χ3v) is 4.07. The van der Waals surface area contributed by atoms with E-state index in [4.69, 9.17) is 4.74 Å². The van der Waals surface area contributed by atoms with Gasteiger partial charge in [0.25, 0.3) is 0 Å². The van der Waals surface area contributed by atoms with E-state index in [0.717, 1.165) is 27.1 Å². The minimum Gasteiger partial charge on any atom is -0.457 e. The fourth-order valence-electron chi connectivity index (χ4n) is 1.89. The normalized spacial score (nSPS) is 12.2. The van der Waals surface area contributed by atoms with Gasteiger partial charge >= 0.3 is 0 Å². The molecule has 0 spiro atoms. The molecule has 0 saturated carbocycles. The molecule has 1 atom stereocenters. The summed E-state index contributed by atoms with van der Waals surface area (Å²) in [6, 6.07) is 14.4. The van der Waals surface area contributed by atoms with E-state index < -0.39 is 0 Å². The third kappa shape index (κ3) is 3.37. The van der Waals surface area contributed by atoms with Gasteiger partial charge < -0.3 is 10.1 Å². The molecular formula is C16H18BrNO. The average molecular weight is 320 g/mol. The summed E-state index contributed by atoms with van der Waals surface area (Å²) >= 11 is 3.50. The molecule has 0 bridgehead atoms. The zero-order valence-corrected chi connectivity index (χ0v) is 13.0. The molecule has 0 heterocycles. The standard InChI is InChI=1S/C16H18BrNO/c1-11-10-13(8-9-15(11)17)19-16-7-5-4-6-14(16)12(2)18-3/h4-10,12,18H,1-3H3. The Balaban J connectivity index is 2.30. The maximum atomic E-state index is 6.01. The van der Waals surface area contributed by atoms with Gasteiger partial charge in [-0.05, 0) is 50.7 Å². The zero-order chi connectivity index (χ0) is 13.8. The Morgan fingerprint density at radius 1 is 1.16 bits per heavy atom. The Morgan fingerprint density at radius 3 is 2.58 bits per heavy atom. The van der Waals surface area contributed by atoms with Crippen LogP contribution in [0.2, 0.25) is 0 Å². The van der Waals surface area contributed by atoms with Gasteiger partial charge in [0, 0.05) is 16.1 Å². The number of rotatable bonds is 4. The number of halogens is 1. The van der Waals surface area contributed by atoms with Crippen molar-refractivity contribution in [2.24, 2.45) is 0 Å². The van der Waals surface area contributed by atoms with Gasteiger partial charge in [-0.2, -0.15) is 0 Å². The van der Waals surface area contributed by atoms with Crippen LogP contribution in [0.15, 0.2) is 46.9 Å². The summed E-state index contributed by atoms with van der Waals surface area (Å²) < 4.78 is 7.10. The van der Waals surface area contributed by atoms with E-state index >= 15 is 0 Å². The number of hydrogen-bond acceptors (Lipinski definition) is 2. The Labute approximate surface area is 122 Å². The second-order valence-electron chi connectivity index (χ2n) is 4.56. The van der Waals surface area contributed by atoms with Gasteiger partial charge in [0.05, 0.1) is 0 Å². The molecule has 0 aliphatic carbocycles. The first-order chi connectivity index (χ1) is 9.11. The van der Waals surface area contributed by atoms with Crippen molar-refractivity contribution in [1.82, 2.24) is 5.32 Å². The van der Waals surface area contributed by atoms with Crippen molar-refractivity contribution in [2.75, 3.05) is 7.05 Å². The molecule has 0 saturated heterocycles. The van der Waals surface area contributed by atoms with Gasteiger partial charge in [0.15, 0.2) is 0 Å². The number of ether oxygens (including phenoxy) is 1. The molecule has 0 aliphatic rings. The molecule has 1 N–H and O–H groups in total. The Bertz CT molecular complexity index is 568. The van der Waals surface area contributed by atoms with Crippen molar-refractivity contribution in [3.05, 3.63) is 58.1 Å². The van der Waals surface area contributed by atoms with Crippen LogP contribution in [0.5, 0.6) is 11.5 Å². The van der Waals surface area contributed by atoms with E-state index in [-0.39, 0.29) is 6.04 Å². The minimum absolute atomic E-state index is 0.257. The lowest BCUT2D eigenvalue weighted by molar-refractivity contribution is 0.466. The number of para-hydroxylation sites is 1. The maximum absolute atomic E-state index is 6.01. The highest BCUT2D eigenvalue weighted by Crippen LogP contribution is 2.31. The summed E-state index contributed by atoms with van der Waals surface area (Å²) in [6.07, 6.45) is 0. The maximum Gasteiger partial charge on any atom is 0.132 e. The van der Waals surface area contributed by atoms with Gasteiger partial charge in [-0.3, -0.25) is 0 Å². The molecule has 0 aromatic heterocycles. The van der Waals surface area contributed by atoms with Gasteiger partial charge in [0.2, 0.25) is 0 Å². The van der Waals surface area contributed by atoms with Crippen LogP contribution >= 0.6 is 15.9 Å². The Kier molecular flexibility index (Phi) is 4.61. The molecule has 0 amide bonds. The van der Waals surface area contributed by atoms with Gasteiger partial charge in [-0.25, -0.2) is 0 Å². The minimum atomic E-state index is 0.257. The van der Waals surface area contributed by atoms with Crippen molar-refractivity contribution in [3.8, 4) is 11.5 Å². The molecule has 0 aliphatic heterocycles. The predicted molar refractivity (Wildman–Crippen MR) is 82.9 cm³/mol. The summed E-state index contributed by atoms with van der Waals surface area (Å²) in [7, 11) is 1.95. The summed E-state index contributed by atoms with van der Waals surface area (Å²) in [5, 5.41) is 3.24. The van der Waals surface area contributed by atoms with Crippen LogP contribution in [0.1, 0.15) is 24.1 Å². The highest BCUT2D eigenvalue weighted by atomic mass is 79.9. The van der Waals surface area contributed by atoms with Crippen molar-refractivity contribution in [2.45, 2.75) is 19.9 Å². The van der Waals surface area contributed by atoms with Crippen LogP contribution < -0.4 is 10.1 Å². The molecule has 2 rings (SSSR count). The zero-order valence-electron chi connectivity index (χ0n) is 11.4. The van der Waals surface area contributed by atoms with Crippen LogP contribution in [-0.2, 0) is 0 Å². The number of benzene rings is 2. The van der Waals surface area contributed by atoms with Crippen LogP contribution in [0.25, 0.3) is 0 Å². The summed E-state index contributed by atoms with van der Waals surface area (Å²) in [6.45, 7) is 4.17. The fraction of sp³-hybridized carbons (Fsp3) is 0.250. The first-order valence-electron chi connectivity index (χ1n) is 6.32. The molecular weight excluding hydrogens is 302 g/mol. The fourth-order valence-corrected chi connectivity index (χ4v) is 2.14. The lowest BCUT2D eigenvalue weighted by Gasteiger charge is -2.16. The largest absolute Gasteiger partial charge is 0.457 e. The van der Waals surface area contributed by atoms with E-state index in [0.29, 0.717) is 0 Å². The Hall–Kier alpha value is -1.32. The molecule has 2 aromatic carbocycles. The molecule has 2 aromatic rings. The first-order valence-corrected chi connectivity index (χ1v) is 7.11. The number of aryl methyl sites for hydroxylation is 1. The van der Waals surface area contributed by atoms with E-state index in [2.05, 4.69) is 41.2 Å². The molecule has 1 unspecified atom stereocenters. The monoisotopic (exact) mass is 319 g/mol. The SMILES string of the molecule is CNC(C)c1ccccc1Oc1ccc(Br)c(C)c1. The molecule has 2 nitrogen and oxygen atoms in total. The summed E-state index contributed by atoms with van der Waals surface area (Å²) in [5.41, 5.74) is 2.32. The molecule has 0 radical (unpaired) electrons. The predicted octanol–water partition coefficient (Wildman–Crippen LogP) is 4.83. The molecule has 3 heteroatoms. The number of nitrogens with one attached hydrogen (secondary N) is 1. The van der Waals surface area contributed by atoms with Gasteiger partial charge in [-0.1, -0.05) is 34.1 Å². The van der Waals surface area contributed by atoms with E-state index in [1.54, 1.807) is 0 Å². The topological polar surface area (TPSA) is 21.3 Å². The van der Waals surface area contributed by atoms with Crippen LogP contribution in [0.3, 0.4) is 0 Å². The van der Waals surface area contributed by atoms with E-state index in [9.17, 15) is 0 Å². The quantitative estimate of drug-likeness (QED) is 0.871. The molecule has 100 valence electrons. The second-order valence-corrected chi connectivity index (χ2v) is 5.42. The van der Waals surface area contributed by atoms with Crippen LogP contribution in [0.4, 0.5) is 0 Å². The van der Waals surface area contributed by atoms with E-state index in [1.165, 1.54) is 0 Å². The Morgan fingerprint density at radius 2 is 1.89 bits per heavy atom. The lowest BCUT2D eigenvalue weighted by atomic mass is 10.1. The summed E-state index contributed by atoms with van der Waals surface area (Å²) in [5.74, 6) is 1.75. The second kappa shape index (κ2) is 6.22. The third-order valence-electron chi connectivity index (χ3n) is 3.18. The van der Waals surface area contributed by atoms with Crippen LogP contribution in [0, 0.1) is 6.92 Å². The molecule has 19 heavy (non-hydrogen) atoms. The lowest BCUT2D eigenvalue weighted by Crippen LogP contribution is -2.13. The highest BCUT2D eigenvalue weighted by molar-refractivity contribution is 9.10. The highest BCUT2D eigenvalue weighted by Gasteiger charge is 2.10. The van der Waals surface area contributed by atoms with E-state index in [1.807, 2.05) is 43.4 Å². The number of hydrogen-bond donors (Lipinski definition) is 1. The van der Waals surface area contributed by atoms with Crippen molar-refractivity contribution >= 4 is 15.9 Å².